The van der Waals surface area contributed by atoms with Crippen LogP contribution in [-0.4, -0.2) is 23.6 Å². The summed E-state index contributed by atoms with van der Waals surface area (Å²) < 4.78 is 26.6. The van der Waals surface area contributed by atoms with E-state index in [1.807, 2.05) is 50.2 Å². The summed E-state index contributed by atoms with van der Waals surface area (Å²) in [6, 6.07) is 42.8. The number of carbonyl (C=O) groups is 2. The van der Waals surface area contributed by atoms with Crippen LogP contribution in [0.2, 0.25) is 0 Å². The molecule has 324 valence electrons. The molecule has 0 radical (unpaired) electrons. The number of allylic oxidation sites excluding steroid dienone is 1. The molecule has 0 fully saturated rings. The minimum Gasteiger partial charge on any atom is -0.482 e. The molecule has 64 heavy (non-hydrogen) atoms. The van der Waals surface area contributed by atoms with E-state index in [2.05, 4.69) is 90.7 Å². The lowest BCUT2D eigenvalue weighted by Crippen LogP contribution is -2.56. The van der Waals surface area contributed by atoms with Gasteiger partial charge in [0.25, 0.3) is 0 Å². The smallest absolute Gasteiger partial charge is 0.336 e. The highest BCUT2D eigenvalue weighted by Crippen LogP contribution is 2.50. The molecule has 0 amide bonds. The molecule has 9 rings (SSSR count). The van der Waals surface area contributed by atoms with Crippen molar-refractivity contribution in [2.75, 3.05) is 0 Å². The Bertz CT molecular complexity index is 2820. The van der Waals surface area contributed by atoms with Crippen molar-refractivity contribution in [1.82, 2.24) is 0 Å². The van der Waals surface area contributed by atoms with Crippen LogP contribution in [0.3, 0.4) is 0 Å². The fourth-order valence-electron chi connectivity index (χ4n) is 9.83. The van der Waals surface area contributed by atoms with Crippen LogP contribution in [0.1, 0.15) is 103 Å². The summed E-state index contributed by atoms with van der Waals surface area (Å²) in [6.45, 7) is 3.86. The first-order valence-electron chi connectivity index (χ1n) is 22.7. The highest BCUT2D eigenvalue weighted by atomic mass is 16.6. The van der Waals surface area contributed by atoms with E-state index in [1.54, 1.807) is 6.07 Å². The van der Waals surface area contributed by atoms with E-state index in [0.717, 1.165) is 47.9 Å². The summed E-state index contributed by atoms with van der Waals surface area (Å²) in [5, 5.41) is 0.633. The summed E-state index contributed by atoms with van der Waals surface area (Å²) in [5.74, 6) is 6.42. The summed E-state index contributed by atoms with van der Waals surface area (Å²) in [5.41, 5.74) is 8.54. The van der Waals surface area contributed by atoms with Crippen molar-refractivity contribution < 1.29 is 28.2 Å². The van der Waals surface area contributed by atoms with Gasteiger partial charge in [0.05, 0.1) is 12.0 Å². The summed E-state index contributed by atoms with van der Waals surface area (Å²) in [7, 11) is 0. The lowest BCUT2D eigenvalue weighted by Gasteiger charge is -2.46. The van der Waals surface area contributed by atoms with E-state index in [-0.39, 0.29) is 24.3 Å². The van der Waals surface area contributed by atoms with Crippen LogP contribution in [0.25, 0.3) is 11.0 Å². The van der Waals surface area contributed by atoms with Crippen LogP contribution in [0.5, 0.6) is 5.75 Å². The molecule has 0 spiro atoms. The van der Waals surface area contributed by atoms with Gasteiger partial charge in [-0.2, -0.15) is 0 Å². The first kappa shape index (κ1) is 42.6. The van der Waals surface area contributed by atoms with Gasteiger partial charge < -0.3 is 18.6 Å². The van der Waals surface area contributed by atoms with Crippen molar-refractivity contribution in [1.29, 1.82) is 0 Å². The normalized spacial score (nSPS) is 20.7. The molecule has 3 aliphatic rings. The zero-order valence-corrected chi connectivity index (χ0v) is 36.7. The van der Waals surface area contributed by atoms with Crippen LogP contribution in [-0.2, 0) is 57.6 Å². The van der Waals surface area contributed by atoms with E-state index in [0.29, 0.717) is 60.8 Å². The van der Waals surface area contributed by atoms with Crippen molar-refractivity contribution >= 4 is 22.9 Å². The van der Waals surface area contributed by atoms with E-state index >= 15 is 0 Å². The lowest BCUT2D eigenvalue weighted by atomic mass is 9.78. The summed E-state index contributed by atoms with van der Waals surface area (Å²) in [4.78, 5) is 42.5. The molecule has 4 atom stereocenters. The minimum absolute atomic E-state index is 0.0858. The molecule has 5 aromatic carbocycles. The number of aryl methyl sites for hydroxylation is 3. The van der Waals surface area contributed by atoms with Gasteiger partial charge in [-0.15, -0.1) is 0 Å². The molecule has 0 N–H and O–H groups in total. The molecule has 0 saturated heterocycles. The molecule has 0 unspecified atom stereocenters. The Kier molecular flexibility index (Phi) is 12.7. The van der Waals surface area contributed by atoms with E-state index in [9.17, 15) is 14.4 Å². The Morgan fingerprint density at radius 3 is 2.28 bits per heavy atom. The van der Waals surface area contributed by atoms with Gasteiger partial charge in [0.1, 0.15) is 11.3 Å². The summed E-state index contributed by atoms with van der Waals surface area (Å²) >= 11 is 0. The number of hydrogen-bond acceptors (Lipinski definition) is 7. The number of ether oxygens (including phenoxy) is 3. The Morgan fingerprint density at radius 1 is 0.703 bits per heavy atom. The van der Waals surface area contributed by atoms with Gasteiger partial charge in [-0.05, 0) is 135 Å². The predicted molar refractivity (Wildman–Crippen MR) is 249 cm³/mol. The first-order valence-corrected chi connectivity index (χ1v) is 22.7. The number of carbonyl (C=O) groups excluding carboxylic acids is 2. The van der Waals surface area contributed by atoms with Crippen LogP contribution in [0.15, 0.2) is 148 Å². The highest BCUT2D eigenvalue weighted by molar-refractivity contribution is 5.90. The molecular weight excluding hydrogens is 797 g/mol. The Hall–Kier alpha value is -6.65. The third kappa shape index (κ3) is 9.62. The van der Waals surface area contributed by atoms with Crippen molar-refractivity contribution in [3.63, 3.8) is 0 Å². The van der Waals surface area contributed by atoms with E-state index < -0.39 is 35.4 Å². The highest BCUT2D eigenvalue weighted by Gasteiger charge is 2.55. The maximum absolute atomic E-state index is 14.9. The molecule has 1 aromatic heterocycles. The second kappa shape index (κ2) is 19.0. The first-order chi connectivity index (χ1) is 31.2. The Morgan fingerprint density at radius 2 is 1.47 bits per heavy atom. The third-order valence-electron chi connectivity index (χ3n) is 13.2. The average molecular weight is 851 g/mol. The number of benzene rings is 5. The maximum Gasteiger partial charge on any atom is 0.336 e. The van der Waals surface area contributed by atoms with Crippen molar-refractivity contribution in [3.8, 4) is 17.6 Å². The van der Waals surface area contributed by atoms with Crippen molar-refractivity contribution in [3.05, 3.63) is 193 Å². The SMILES string of the molecule is CC(C)=C1CCc2ccc3c(c2)CC#CC[C@@]2(CCCc4ccccc4)Oc4ccc5ccc(=O)oc5c4[C@@H](OC(=O)C[C@H](CCc4cccc(Cc5ccccc5)c4)C3)[C@@H]2OC1=O. The van der Waals surface area contributed by atoms with Gasteiger partial charge in [-0.25, -0.2) is 9.59 Å². The maximum atomic E-state index is 14.9. The predicted octanol–water partition coefficient (Wildman–Crippen LogP) is 11.1. The molecular formula is C57H54O7. The molecule has 4 heterocycles. The fourth-order valence-corrected chi connectivity index (χ4v) is 9.83. The minimum atomic E-state index is -1.23. The number of esters is 2. The number of fused-ring (bicyclic) bond motifs is 7. The lowest BCUT2D eigenvalue weighted by molar-refractivity contribution is -0.194. The zero-order chi connectivity index (χ0) is 44.0. The molecule has 3 aliphatic heterocycles. The average Bonchev–Trinajstić information content (AvgIpc) is 3.29. The molecule has 5 bridgehead atoms. The topological polar surface area (TPSA) is 92.0 Å². The monoisotopic (exact) mass is 850 g/mol. The molecule has 0 aliphatic carbocycles. The van der Waals surface area contributed by atoms with Crippen LogP contribution in [0.4, 0.5) is 0 Å². The number of hydrogen-bond donors (Lipinski definition) is 0. The van der Waals surface area contributed by atoms with Gasteiger partial charge in [0, 0.05) is 29.9 Å². The molecule has 7 heteroatoms. The quantitative estimate of drug-likeness (QED) is 0.0619. The summed E-state index contributed by atoms with van der Waals surface area (Å²) in [6.07, 6.45) is 4.56. The molecule has 7 nitrogen and oxygen atoms in total. The largest absolute Gasteiger partial charge is 0.482 e. The van der Waals surface area contributed by atoms with Crippen LogP contribution >= 0.6 is 0 Å². The molecule has 0 saturated carbocycles. The fraction of sp³-hybridized carbons (Fsp3) is 0.316. The number of rotatable bonds is 9. The van der Waals surface area contributed by atoms with Crippen LogP contribution in [0, 0.1) is 17.8 Å². The van der Waals surface area contributed by atoms with Crippen molar-refractivity contribution in [2.24, 2.45) is 5.92 Å². The second-order valence-corrected chi connectivity index (χ2v) is 18.0. The van der Waals surface area contributed by atoms with Gasteiger partial charge in [0.15, 0.2) is 17.8 Å². The van der Waals surface area contributed by atoms with Gasteiger partial charge >= 0.3 is 17.6 Å². The third-order valence-corrected chi connectivity index (χ3v) is 13.2. The van der Waals surface area contributed by atoms with E-state index in [1.165, 1.54) is 28.3 Å². The van der Waals surface area contributed by atoms with E-state index in [4.69, 9.17) is 18.6 Å². The van der Waals surface area contributed by atoms with Crippen molar-refractivity contribution in [2.45, 2.75) is 109 Å². The zero-order valence-electron chi connectivity index (χ0n) is 36.7. The Balaban J connectivity index is 1.16. The van der Waals surface area contributed by atoms with Gasteiger partial charge in [-0.1, -0.05) is 121 Å². The van der Waals surface area contributed by atoms with Gasteiger partial charge in [-0.3, -0.25) is 4.79 Å². The van der Waals surface area contributed by atoms with Crippen LogP contribution < -0.4 is 10.4 Å². The standard InChI is InChI=1S/C57H54O7/c1-38(2)48-28-24-42-23-25-47-36-44(22-21-41-17-11-18-43(34-41)33-40-15-7-4-8-16-40)37-51(59)62-54-52-49(29-26-45-27-30-50(58)61-53(45)52)64-57(55(54)63-56(48)60,31-10-9-20-46(47)35-42)32-12-19-39-13-5-3-6-14-39/h3-8,11,13-18,23,25-27,29-30,34-35,44,54-55H,12,19-22,24,28,31-33,36-37H2,1-2H3/t44-,54-,55+,57+/m1/s1. The van der Waals surface area contributed by atoms with Gasteiger partial charge in [0.2, 0.25) is 0 Å². The Labute approximate surface area is 375 Å². The molecule has 6 aromatic rings. The second-order valence-electron chi connectivity index (χ2n) is 18.0.